The molecule has 2 heterocycles. The molecule has 0 atom stereocenters. The summed E-state index contributed by atoms with van der Waals surface area (Å²) < 4.78 is 1.13. The van der Waals surface area contributed by atoms with Crippen LogP contribution in [0.25, 0.3) is 5.69 Å². The fourth-order valence-electron chi connectivity index (χ4n) is 3.67. The van der Waals surface area contributed by atoms with E-state index in [0.29, 0.717) is 22.8 Å². The lowest BCUT2D eigenvalue weighted by Gasteiger charge is -2.31. The van der Waals surface area contributed by atoms with Gasteiger partial charge in [0.15, 0.2) is 0 Å². The summed E-state index contributed by atoms with van der Waals surface area (Å²) in [6.45, 7) is 2.56. The second-order valence-electron chi connectivity index (χ2n) is 6.82. The Morgan fingerprint density at radius 3 is 2.75 bits per heavy atom. The van der Waals surface area contributed by atoms with Gasteiger partial charge in [-0.1, -0.05) is 17.7 Å². The molecule has 1 aromatic heterocycles. The Morgan fingerprint density at radius 2 is 1.93 bits per heavy atom. The van der Waals surface area contributed by atoms with Gasteiger partial charge in [0.1, 0.15) is 0 Å². The van der Waals surface area contributed by atoms with Crippen LogP contribution in [0.2, 0.25) is 5.02 Å². The number of aryl methyl sites for hydroxylation is 2. The van der Waals surface area contributed by atoms with Crippen molar-refractivity contribution < 1.29 is 4.79 Å². The summed E-state index contributed by atoms with van der Waals surface area (Å²) in [7, 11) is 0. The first-order valence-electron chi connectivity index (χ1n) is 8.98. The molecule has 0 radical (unpaired) electrons. The van der Waals surface area contributed by atoms with Gasteiger partial charge in [-0.15, -0.1) is 0 Å². The third kappa shape index (κ3) is 3.27. The molecule has 0 saturated carbocycles. The Hall–Kier alpha value is -3.12. The summed E-state index contributed by atoms with van der Waals surface area (Å²) >= 11 is 6.18. The molecule has 1 amide bonds. The van der Waals surface area contributed by atoms with Crippen molar-refractivity contribution in [2.24, 2.45) is 0 Å². The molecule has 0 saturated heterocycles. The minimum absolute atomic E-state index is 0.153. The molecular weight excluding hydrogens is 378 g/mol. The highest BCUT2D eigenvalue weighted by Gasteiger charge is 2.26. The van der Waals surface area contributed by atoms with E-state index in [-0.39, 0.29) is 11.5 Å². The molecule has 7 heteroatoms. The lowest BCUT2D eigenvalue weighted by atomic mass is 9.97. The van der Waals surface area contributed by atoms with E-state index in [1.165, 1.54) is 12.1 Å². The zero-order valence-electron chi connectivity index (χ0n) is 15.2. The van der Waals surface area contributed by atoms with Crippen LogP contribution in [0.5, 0.6) is 0 Å². The van der Waals surface area contributed by atoms with E-state index in [9.17, 15) is 14.4 Å². The van der Waals surface area contributed by atoms with Crippen LogP contribution in [-0.2, 0) is 6.42 Å². The van der Waals surface area contributed by atoms with Gasteiger partial charge in [0.25, 0.3) is 17.0 Å². The Morgan fingerprint density at radius 1 is 1.11 bits per heavy atom. The third-order valence-electron chi connectivity index (χ3n) is 4.86. The molecule has 2 aromatic carbocycles. The highest BCUT2D eigenvalue weighted by atomic mass is 35.5. The maximum Gasteiger partial charge on any atom is 0.269 e. The molecule has 0 unspecified atom stereocenters. The number of nitrogens with zero attached hydrogens (tertiary/aromatic N) is 2. The number of H-pyrrole nitrogens is 1. The van der Waals surface area contributed by atoms with Crippen molar-refractivity contribution in [3.8, 4) is 5.69 Å². The third-order valence-corrected chi connectivity index (χ3v) is 5.08. The zero-order chi connectivity index (χ0) is 19.8. The quantitative estimate of drug-likeness (QED) is 0.724. The molecule has 0 spiro atoms. The average molecular weight is 396 g/mol. The van der Waals surface area contributed by atoms with Crippen molar-refractivity contribution in [2.75, 3.05) is 11.4 Å². The van der Waals surface area contributed by atoms with Gasteiger partial charge in [-0.25, -0.2) is 4.68 Å². The molecule has 0 fully saturated rings. The Labute approximate surface area is 166 Å². The van der Waals surface area contributed by atoms with Gasteiger partial charge in [-0.3, -0.25) is 19.5 Å². The zero-order valence-corrected chi connectivity index (χ0v) is 16.0. The number of aromatic nitrogens is 2. The summed E-state index contributed by atoms with van der Waals surface area (Å²) in [5, 5.41) is 3.14. The summed E-state index contributed by atoms with van der Waals surface area (Å²) in [4.78, 5) is 38.7. The molecule has 0 bridgehead atoms. The molecule has 3 aromatic rings. The van der Waals surface area contributed by atoms with Crippen LogP contribution in [0.4, 0.5) is 5.69 Å². The molecule has 6 nitrogen and oxygen atoms in total. The fraction of sp³-hybridized carbons (Fsp3) is 0.190. The van der Waals surface area contributed by atoms with Crippen LogP contribution in [0.15, 0.2) is 58.1 Å². The number of amides is 1. The van der Waals surface area contributed by atoms with Gasteiger partial charge < -0.3 is 4.90 Å². The minimum atomic E-state index is -0.395. The lowest BCUT2D eigenvalue weighted by molar-refractivity contribution is 0.0985. The number of anilines is 1. The molecule has 4 rings (SSSR count). The van der Waals surface area contributed by atoms with E-state index < -0.39 is 5.56 Å². The van der Waals surface area contributed by atoms with E-state index in [1.807, 2.05) is 19.1 Å². The number of halogens is 1. The molecule has 28 heavy (non-hydrogen) atoms. The molecule has 1 aliphatic rings. The van der Waals surface area contributed by atoms with E-state index in [2.05, 4.69) is 5.10 Å². The largest absolute Gasteiger partial charge is 0.308 e. The number of rotatable bonds is 2. The van der Waals surface area contributed by atoms with Gasteiger partial charge in [0.05, 0.1) is 11.4 Å². The topological polar surface area (TPSA) is 75.2 Å². The number of carbonyl (C=O) groups is 1. The number of fused-ring (bicyclic) bond motifs is 1. The summed E-state index contributed by atoms with van der Waals surface area (Å²) in [5.41, 5.74) is 3.01. The Bertz CT molecular complexity index is 1200. The maximum absolute atomic E-state index is 13.3. The van der Waals surface area contributed by atoms with Crippen LogP contribution in [0.1, 0.15) is 27.9 Å². The van der Waals surface area contributed by atoms with Gasteiger partial charge in [-0.05, 0) is 61.2 Å². The van der Waals surface area contributed by atoms with Crippen molar-refractivity contribution in [3.05, 3.63) is 91.0 Å². The normalized spacial score (nSPS) is 13.3. The van der Waals surface area contributed by atoms with Crippen molar-refractivity contribution in [2.45, 2.75) is 19.8 Å². The highest BCUT2D eigenvalue weighted by molar-refractivity contribution is 6.31. The fourth-order valence-corrected chi connectivity index (χ4v) is 3.97. The standard InChI is InChI=1S/C21H18ClN3O3/c1-13-10-16(22)11-14-5-3-9-24(20(13)14)21(28)15-4-2-6-17(12-15)25-19(27)8-7-18(26)23-25/h2,4,6-8,10-12H,3,5,9H2,1H3,(H,23,26). The highest BCUT2D eigenvalue weighted by Crippen LogP contribution is 2.34. The Kier molecular flexibility index (Phi) is 4.65. The molecule has 142 valence electrons. The van der Waals surface area contributed by atoms with Crippen LogP contribution < -0.4 is 16.0 Å². The second kappa shape index (κ2) is 7.13. The van der Waals surface area contributed by atoms with E-state index >= 15 is 0 Å². The monoisotopic (exact) mass is 395 g/mol. The number of nitrogens with one attached hydrogen (secondary N) is 1. The maximum atomic E-state index is 13.3. The predicted octanol–water partition coefficient (Wildman–Crippen LogP) is 3.08. The van der Waals surface area contributed by atoms with Crippen LogP contribution >= 0.6 is 11.6 Å². The van der Waals surface area contributed by atoms with Crippen molar-refractivity contribution in [3.63, 3.8) is 0 Å². The summed E-state index contributed by atoms with van der Waals surface area (Å²) in [5.74, 6) is -0.153. The van der Waals surface area contributed by atoms with Gasteiger partial charge >= 0.3 is 0 Å². The van der Waals surface area contributed by atoms with Crippen LogP contribution in [0, 0.1) is 6.92 Å². The first-order valence-corrected chi connectivity index (χ1v) is 9.35. The molecular formula is C21H18ClN3O3. The molecule has 1 N–H and O–H groups in total. The van der Waals surface area contributed by atoms with Crippen molar-refractivity contribution in [1.29, 1.82) is 0 Å². The van der Waals surface area contributed by atoms with Gasteiger partial charge in [0.2, 0.25) is 0 Å². The van der Waals surface area contributed by atoms with E-state index in [1.54, 1.807) is 29.2 Å². The smallest absolute Gasteiger partial charge is 0.269 e. The Balaban J connectivity index is 1.76. The van der Waals surface area contributed by atoms with Crippen molar-refractivity contribution >= 4 is 23.2 Å². The first-order chi connectivity index (χ1) is 13.4. The average Bonchev–Trinajstić information content (AvgIpc) is 2.68. The lowest BCUT2D eigenvalue weighted by Crippen LogP contribution is -2.36. The van der Waals surface area contributed by atoms with E-state index in [0.717, 1.165) is 34.3 Å². The molecule has 1 aliphatic heterocycles. The number of benzene rings is 2. The number of aromatic amines is 1. The van der Waals surface area contributed by atoms with E-state index in [4.69, 9.17) is 11.6 Å². The number of carbonyl (C=O) groups excluding carboxylic acids is 1. The van der Waals surface area contributed by atoms with Crippen molar-refractivity contribution in [1.82, 2.24) is 9.78 Å². The first kappa shape index (κ1) is 18.3. The van der Waals surface area contributed by atoms with Crippen LogP contribution in [0.3, 0.4) is 0 Å². The van der Waals surface area contributed by atoms with Gasteiger partial charge in [-0.2, -0.15) is 0 Å². The number of hydrogen-bond donors (Lipinski definition) is 1. The predicted molar refractivity (Wildman–Crippen MR) is 109 cm³/mol. The number of hydrogen-bond acceptors (Lipinski definition) is 3. The SMILES string of the molecule is Cc1cc(Cl)cc2c1N(C(=O)c1cccc(-n3[nH]c(=O)ccc3=O)c1)CCC2. The van der Waals surface area contributed by atoms with Gasteiger partial charge in [0, 0.05) is 29.3 Å². The summed E-state index contributed by atoms with van der Waals surface area (Å²) in [6.07, 6.45) is 1.73. The summed E-state index contributed by atoms with van der Waals surface area (Å²) in [6, 6.07) is 12.8. The second-order valence-corrected chi connectivity index (χ2v) is 7.26. The minimum Gasteiger partial charge on any atom is -0.308 e. The van der Waals surface area contributed by atoms with Crippen LogP contribution in [-0.4, -0.2) is 22.2 Å². The molecule has 0 aliphatic carbocycles.